The molecule has 0 radical (unpaired) electrons. The van der Waals surface area contributed by atoms with Gasteiger partial charge < -0.3 is 10.5 Å². The molecule has 0 atom stereocenters. The summed E-state index contributed by atoms with van der Waals surface area (Å²) in [5, 5.41) is 13.9. The molecule has 0 saturated heterocycles. The van der Waals surface area contributed by atoms with Gasteiger partial charge in [-0.3, -0.25) is 4.79 Å². The number of carbonyl (C=O) groups is 1. The van der Waals surface area contributed by atoms with Gasteiger partial charge in [-0.25, -0.2) is 0 Å². The van der Waals surface area contributed by atoms with Gasteiger partial charge in [0.05, 0.1) is 6.21 Å². The molecule has 4 nitrogen and oxygen atoms in total. The Bertz CT molecular complexity index is 330. The van der Waals surface area contributed by atoms with Crippen LogP contribution >= 0.6 is 0 Å². The first-order valence-electron chi connectivity index (χ1n) is 4.23. The Morgan fingerprint density at radius 3 is 2.64 bits per heavy atom. The Morgan fingerprint density at radius 1 is 1.50 bits per heavy atom. The van der Waals surface area contributed by atoms with E-state index in [1.807, 2.05) is 24.3 Å². The van der Waals surface area contributed by atoms with Crippen LogP contribution in [0.25, 0.3) is 0 Å². The van der Waals surface area contributed by atoms with Crippen molar-refractivity contribution in [1.82, 2.24) is 5.32 Å². The summed E-state index contributed by atoms with van der Waals surface area (Å²) in [6.07, 6.45) is 1.35. The predicted molar refractivity (Wildman–Crippen MR) is 53.3 cm³/mol. The zero-order valence-corrected chi connectivity index (χ0v) is 7.90. The predicted octanol–water partition coefficient (Wildman–Crippen LogP) is 1.13. The summed E-state index contributed by atoms with van der Waals surface area (Å²) in [5.41, 5.74) is 1.83. The van der Waals surface area contributed by atoms with Crippen molar-refractivity contribution in [2.75, 3.05) is 0 Å². The van der Waals surface area contributed by atoms with Crippen LogP contribution in [0.3, 0.4) is 0 Å². The second-order valence-electron chi connectivity index (χ2n) is 2.90. The largest absolute Gasteiger partial charge is 0.411 e. The fourth-order valence-electron chi connectivity index (χ4n) is 1.01. The number of carbonyl (C=O) groups excluding carboxylic acids is 1. The maximum absolute atomic E-state index is 10.6. The molecule has 0 heterocycles. The van der Waals surface area contributed by atoms with Crippen molar-refractivity contribution in [2.45, 2.75) is 13.5 Å². The molecule has 1 rings (SSSR count). The van der Waals surface area contributed by atoms with Gasteiger partial charge in [0.25, 0.3) is 0 Å². The van der Waals surface area contributed by atoms with E-state index in [4.69, 9.17) is 5.21 Å². The van der Waals surface area contributed by atoms with Crippen LogP contribution in [0.15, 0.2) is 29.4 Å². The molecular weight excluding hydrogens is 180 g/mol. The molecule has 0 aromatic heterocycles. The van der Waals surface area contributed by atoms with E-state index in [0.717, 1.165) is 11.1 Å². The first-order valence-corrected chi connectivity index (χ1v) is 4.23. The Morgan fingerprint density at radius 2 is 2.14 bits per heavy atom. The van der Waals surface area contributed by atoms with Crippen LogP contribution in [0.5, 0.6) is 0 Å². The third-order valence-corrected chi connectivity index (χ3v) is 1.73. The van der Waals surface area contributed by atoms with E-state index in [2.05, 4.69) is 10.5 Å². The number of benzene rings is 1. The van der Waals surface area contributed by atoms with Crippen LogP contribution in [0.1, 0.15) is 18.1 Å². The molecule has 0 fully saturated rings. The minimum absolute atomic E-state index is 0.0500. The first kappa shape index (κ1) is 10.2. The highest BCUT2D eigenvalue weighted by molar-refractivity contribution is 5.79. The number of nitrogens with zero attached hydrogens (tertiary/aromatic N) is 1. The maximum Gasteiger partial charge on any atom is 0.217 e. The van der Waals surface area contributed by atoms with Crippen LogP contribution < -0.4 is 5.32 Å². The second-order valence-corrected chi connectivity index (χ2v) is 2.90. The third-order valence-electron chi connectivity index (χ3n) is 1.73. The summed E-state index contributed by atoms with van der Waals surface area (Å²) >= 11 is 0. The van der Waals surface area contributed by atoms with Gasteiger partial charge in [-0.05, 0) is 11.1 Å². The zero-order chi connectivity index (χ0) is 10.4. The van der Waals surface area contributed by atoms with E-state index >= 15 is 0 Å². The van der Waals surface area contributed by atoms with Gasteiger partial charge in [-0.15, -0.1) is 0 Å². The number of oxime groups is 1. The summed E-state index contributed by atoms with van der Waals surface area (Å²) in [6, 6.07) is 7.37. The highest BCUT2D eigenvalue weighted by Gasteiger charge is 1.94. The monoisotopic (exact) mass is 192 g/mol. The SMILES string of the molecule is CC(=O)NCc1ccc(/C=N/O)cc1. The van der Waals surface area contributed by atoms with Gasteiger partial charge in [0.2, 0.25) is 5.91 Å². The van der Waals surface area contributed by atoms with Crippen molar-refractivity contribution in [3.05, 3.63) is 35.4 Å². The Kier molecular flexibility index (Phi) is 3.67. The van der Waals surface area contributed by atoms with E-state index in [0.29, 0.717) is 6.54 Å². The molecule has 0 aliphatic carbocycles. The van der Waals surface area contributed by atoms with E-state index in [1.54, 1.807) is 0 Å². The van der Waals surface area contributed by atoms with Crippen molar-refractivity contribution in [3.63, 3.8) is 0 Å². The lowest BCUT2D eigenvalue weighted by Crippen LogP contribution is -2.18. The van der Waals surface area contributed by atoms with Crippen molar-refractivity contribution in [1.29, 1.82) is 0 Å². The summed E-state index contributed by atoms with van der Waals surface area (Å²) in [6.45, 7) is 2.00. The molecule has 0 spiro atoms. The summed E-state index contributed by atoms with van der Waals surface area (Å²) in [5.74, 6) is -0.0500. The Hall–Kier alpha value is -1.84. The van der Waals surface area contributed by atoms with Gasteiger partial charge in [-0.1, -0.05) is 29.4 Å². The molecule has 1 amide bonds. The molecule has 0 aliphatic rings. The summed E-state index contributed by atoms with van der Waals surface area (Å²) in [4.78, 5) is 10.6. The van der Waals surface area contributed by atoms with Crippen LogP contribution in [0, 0.1) is 0 Å². The lowest BCUT2D eigenvalue weighted by molar-refractivity contribution is -0.119. The molecule has 0 bridgehead atoms. The molecule has 0 unspecified atom stereocenters. The molecular formula is C10H12N2O2. The number of nitrogens with one attached hydrogen (secondary N) is 1. The van der Waals surface area contributed by atoms with Gasteiger partial charge in [0.1, 0.15) is 0 Å². The molecule has 0 aliphatic heterocycles. The third kappa shape index (κ3) is 3.26. The van der Waals surface area contributed by atoms with Gasteiger partial charge in [0, 0.05) is 13.5 Å². The molecule has 4 heteroatoms. The quantitative estimate of drug-likeness (QED) is 0.428. The number of hydrogen-bond donors (Lipinski definition) is 2. The Balaban J connectivity index is 2.59. The fraction of sp³-hybridized carbons (Fsp3) is 0.200. The van der Waals surface area contributed by atoms with Crippen LogP contribution in [0.4, 0.5) is 0 Å². The van der Waals surface area contributed by atoms with E-state index in [9.17, 15) is 4.79 Å². The molecule has 0 saturated carbocycles. The van der Waals surface area contributed by atoms with E-state index in [1.165, 1.54) is 13.1 Å². The Labute approximate surface area is 82.2 Å². The minimum atomic E-state index is -0.0500. The number of rotatable bonds is 3. The summed E-state index contributed by atoms with van der Waals surface area (Å²) in [7, 11) is 0. The molecule has 14 heavy (non-hydrogen) atoms. The average molecular weight is 192 g/mol. The van der Waals surface area contributed by atoms with Gasteiger partial charge in [0.15, 0.2) is 0 Å². The fourth-order valence-corrected chi connectivity index (χ4v) is 1.01. The van der Waals surface area contributed by atoms with Crippen molar-refractivity contribution in [2.24, 2.45) is 5.16 Å². The van der Waals surface area contributed by atoms with Gasteiger partial charge in [-0.2, -0.15) is 0 Å². The van der Waals surface area contributed by atoms with E-state index < -0.39 is 0 Å². The van der Waals surface area contributed by atoms with Crippen LogP contribution in [-0.2, 0) is 11.3 Å². The molecule has 2 N–H and O–H groups in total. The topological polar surface area (TPSA) is 61.7 Å². The van der Waals surface area contributed by atoms with E-state index in [-0.39, 0.29) is 5.91 Å². The van der Waals surface area contributed by atoms with Crippen LogP contribution in [-0.4, -0.2) is 17.3 Å². The number of hydrogen-bond acceptors (Lipinski definition) is 3. The standard InChI is InChI=1S/C10H12N2O2/c1-8(13)11-6-9-2-4-10(5-3-9)7-12-14/h2-5,7,14H,6H2,1H3,(H,11,13)/b12-7+. The molecule has 1 aromatic carbocycles. The van der Waals surface area contributed by atoms with Crippen molar-refractivity contribution in [3.8, 4) is 0 Å². The van der Waals surface area contributed by atoms with Crippen molar-refractivity contribution < 1.29 is 10.0 Å². The lowest BCUT2D eigenvalue weighted by Gasteiger charge is -2.01. The molecule has 1 aromatic rings. The van der Waals surface area contributed by atoms with Crippen molar-refractivity contribution >= 4 is 12.1 Å². The first-order chi connectivity index (χ1) is 6.72. The second kappa shape index (κ2) is 5.01. The van der Waals surface area contributed by atoms with Crippen LogP contribution in [0.2, 0.25) is 0 Å². The normalized spacial score (nSPS) is 10.4. The number of amides is 1. The summed E-state index contributed by atoms with van der Waals surface area (Å²) < 4.78 is 0. The average Bonchev–Trinajstić information content (AvgIpc) is 2.17. The highest BCUT2D eigenvalue weighted by atomic mass is 16.4. The van der Waals surface area contributed by atoms with Gasteiger partial charge >= 0.3 is 0 Å². The molecule has 74 valence electrons. The lowest BCUT2D eigenvalue weighted by atomic mass is 10.1. The minimum Gasteiger partial charge on any atom is -0.411 e. The highest BCUT2D eigenvalue weighted by Crippen LogP contribution is 2.01. The zero-order valence-electron chi connectivity index (χ0n) is 7.90. The maximum atomic E-state index is 10.6. The smallest absolute Gasteiger partial charge is 0.217 e.